The largest absolute Gasteiger partial charge is 0.508 e. The van der Waals surface area contributed by atoms with Crippen LogP contribution in [-0.4, -0.2) is 35.3 Å². The minimum Gasteiger partial charge on any atom is -0.508 e. The second kappa shape index (κ2) is 5.24. The zero-order valence-electron chi connectivity index (χ0n) is 11.1. The molecule has 1 saturated heterocycles. The highest BCUT2D eigenvalue weighted by molar-refractivity contribution is 5.35. The molecule has 1 N–H and O–H groups in total. The lowest BCUT2D eigenvalue weighted by Gasteiger charge is -2.39. The second-order valence-electron chi connectivity index (χ2n) is 5.09. The number of phenolic OH excluding ortho intramolecular Hbond substituents is 1. The summed E-state index contributed by atoms with van der Waals surface area (Å²) in [6.45, 7) is 7.63. The van der Waals surface area contributed by atoms with Crippen LogP contribution >= 0.6 is 0 Å². The fourth-order valence-electron chi connectivity index (χ4n) is 2.59. The van der Waals surface area contributed by atoms with E-state index in [-0.39, 0.29) is 29.8 Å². The van der Waals surface area contributed by atoms with Gasteiger partial charge in [0.15, 0.2) is 0 Å². The molecule has 0 saturated carbocycles. The average Bonchev–Trinajstić information content (AvgIpc) is 2.30. The quantitative estimate of drug-likeness (QED) is 0.879. The molecule has 1 fully saturated rings. The molecule has 0 aliphatic carbocycles. The van der Waals surface area contributed by atoms with Crippen molar-refractivity contribution in [3.63, 3.8) is 0 Å². The first-order valence-corrected chi connectivity index (χ1v) is 6.35. The Bertz CT molecular complexity index is 414. The average molecular weight is 253 g/mol. The van der Waals surface area contributed by atoms with E-state index in [9.17, 15) is 9.50 Å². The number of aromatic hydroxyl groups is 1. The Morgan fingerprint density at radius 2 is 1.94 bits per heavy atom. The summed E-state index contributed by atoms with van der Waals surface area (Å²) < 4.78 is 19.0. The van der Waals surface area contributed by atoms with Gasteiger partial charge in [0.05, 0.1) is 12.2 Å². The molecule has 2 rings (SSSR count). The number of phenols is 1. The lowest BCUT2D eigenvalue weighted by Crippen LogP contribution is -2.46. The summed E-state index contributed by atoms with van der Waals surface area (Å²) in [5, 5.41) is 9.84. The summed E-state index contributed by atoms with van der Waals surface area (Å²) in [7, 11) is 0. The number of morpholine rings is 1. The van der Waals surface area contributed by atoms with Gasteiger partial charge in [-0.25, -0.2) is 4.39 Å². The standard InChI is InChI=1S/C14H20FNO2/c1-9-7-16(8-10(2)18-9)11(3)13-6-12(15)4-5-14(13)17/h4-6,9-11,17H,7-8H2,1-3H3/t9-,10+,11?. The fourth-order valence-corrected chi connectivity index (χ4v) is 2.59. The molecule has 0 amide bonds. The van der Waals surface area contributed by atoms with Gasteiger partial charge in [-0.1, -0.05) is 0 Å². The molecule has 18 heavy (non-hydrogen) atoms. The number of benzene rings is 1. The first kappa shape index (κ1) is 13.3. The molecule has 1 aromatic rings. The second-order valence-corrected chi connectivity index (χ2v) is 5.09. The Balaban J connectivity index is 2.19. The summed E-state index contributed by atoms with van der Waals surface area (Å²) >= 11 is 0. The van der Waals surface area contributed by atoms with Crippen LogP contribution in [-0.2, 0) is 4.74 Å². The molecular formula is C14H20FNO2. The van der Waals surface area contributed by atoms with Gasteiger partial charge < -0.3 is 9.84 Å². The predicted octanol–water partition coefficient (Wildman–Crippen LogP) is 2.70. The van der Waals surface area contributed by atoms with Crippen LogP contribution in [0.5, 0.6) is 5.75 Å². The van der Waals surface area contributed by atoms with Gasteiger partial charge in [-0.05, 0) is 39.0 Å². The van der Waals surface area contributed by atoms with Crippen LogP contribution in [0.1, 0.15) is 32.4 Å². The van der Waals surface area contributed by atoms with E-state index in [2.05, 4.69) is 4.90 Å². The maximum Gasteiger partial charge on any atom is 0.123 e. The van der Waals surface area contributed by atoms with Crippen molar-refractivity contribution in [1.29, 1.82) is 0 Å². The van der Waals surface area contributed by atoms with Crippen LogP contribution in [0.2, 0.25) is 0 Å². The molecule has 4 heteroatoms. The molecule has 0 aromatic heterocycles. The molecule has 1 aromatic carbocycles. The normalized spacial score (nSPS) is 27.1. The van der Waals surface area contributed by atoms with Crippen molar-refractivity contribution in [2.45, 2.75) is 39.0 Å². The van der Waals surface area contributed by atoms with E-state index in [0.717, 1.165) is 13.1 Å². The van der Waals surface area contributed by atoms with Gasteiger partial charge in [-0.15, -0.1) is 0 Å². The maximum atomic E-state index is 13.3. The van der Waals surface area contributed by atoms with E-state index in [0.29, 0.717) is 5.56 Å². The monoisotopic (exact) mass is 253 g/mol. The van der Waals surface area contributed by atoms with Crippen molar-refractivity contribution < 1.29 is 14.2 Å². The Labute approximate surface area is 107 Å². The molecule has 3 atom stereocenters. The lowest BCUT2D eigenvalue weighted by atomic mass is 10.0. The zero-order chi connectivity index (χ0) is 13.3. The van der Waals surface area contributed by atoms with E-state index >= 15 is 0 Å². The molecular weight excluding hydrogens is 233 g/mol. The Morgan fingerprint density at radius 1 is 1.33 bits per heavy atom. The van der Waals surface area contributed by atoms with Gasteiger partial charge in [0, 0.05) is 24.7 Å². The van der Waals surface area contributed by atoms with Crippen molar-refractivity contribution in [2.75, 3.05) is 13.1 Å². The van der Waals surface area contributed by atoms with Crippen LogP contribution in [0.15, 0.2) is 18.2 Å². The summed E-state index contributed by atoms with van der Waals surface area (Å²) in [5.41, 5.74) is 0.635. The van der Waals surface area contributed by atoms with Gasteiger partial charge in [0.1, 0.15) is 11.6 Å². The topological polar surface area (TPSA) is 32.7 Å². The van der Waals surface area contributed by atoms with Gasteiger partial charge in [0.25, 0.3) is 0 Å². The van der Waals surface area contributed by atoms with Gasteiger partial charge in [-0.3, -0.25) is 4.90 Å². The molecule has 1 heterocycles. The lowest BCUT2D eigenvalue weighted by molar-refractivity contribution is -0.0791. The molecule has 1 unspecified atom stereocenters. The molecule has 1 aliphatic rings. The van der Waals surface area contributed by atoms with Crippen LogP contribution in [0.3, 0.4) is 0 Å². The van der Waals surface area contributed by atoms with E-state index < -0.39 is 0 Å². The van der Waals surface area contributed by atoms with Gasteiger partial charge in [0.2, 0.25) is 0 Å². The molecule has 0 radical (unpaired) electrons. The zero-order valence-corrected chi connectivity index (χ0v) is 11.1. The van der Waals surface area contributed by atoms with E-state index in [4.69, 9.17) is 4.74 Å². The van der Waals surface area contributed by atoms with Crippen molar-refractivity contribution in [3.05, 3.63) is 29.6 Å². The molecule has 0 bridgehead atoms. The number of ether oxygens (including phenoxy) is 1. The third kappa shape index (κ3) is 2.82. The Hall–Kier alpha value is -1.13. The molecule has 100 valence electrons. The smallest absolute Gasteiger partial charge is 0.123 e. The summed E-state index contributed by atoms with van der Waals surface area (Å²) in [4.78, 5) is 2.22. The van der Waals surface area contributed by atoms with Crippen molar-refractivity contribution in [3.8, 4) is 5.75 Å². The first-order valence-electron chi connectivity index (χ1n) is 6.35. The van der Waals surface area contributed by atoms with E-state index in [1.807, 2.05) is 20.8 Å². The van der Waals surface area contributed by atoms with Crippen molar-refractivity contribution >= 4 is 0 Å². The number of hydrogen-bond donors (Lipinski definition) is 1. The highest BCUT2D eigenvalue weighted by Gasteiger charge is 2.27. The third-order valence-corrected chi connectivity index (χ3v) is 3.44. The van der Waals surface area contributed by atoms with Crippen molar-refractivity contribution in [2.24, 2.45) is 0 Å². The minimum atomic E-state index is -0.316. The van der Waals surface area contributed by atoms with Crippen LogP contribution in [0, 0.1) is 5.82 Å². The van der Waals surface area contributed by atoms with E-state index in [1.54, 1.807) is 0 Å². The predicted molar refractivity (Wildman–Crippen MR) is 68.1 cm³/mol. The number of hydrogen-bond acceptors (Lipinski definition) is 3. The van der Waals surface area contributed by atoms with Gasteiger partial charge in [-0.2, -0.15) is 0 Å². The SMILES string of the molecule is CC(c1cc(F)ccc1O)N1C[C@@H](C)O[C@@H](C)C1. The Morgan fingerprint density at radius 3 is 2.56 bits per heavy atom. The number of halogens is 1. The summed E-state index contributed by atoms with van der Waals surface area (Å²) in [6, 6.07) is 4.07. The fraction of sp³-hybridized carbons (Fsp3) is 0.571. The summed E-state index contributed by atoms with van der Waals surface area (Å²) in [5.74, 6) is -0.167. The van der Waals surface area contributed by atoms with E-state index in [1.165, 1.54) is 18.2 Å². The summed E-state index contributed by atoms with van der Waals surface area (Å²) in [6.07, 6.45) is 0.318. The molecule has 1 aliphatic heterocycles. The van der Waals surface area contributed by atoms with Crippen LogP contribution in [0.4, 0.5) is 4.39 Å². The third-order valence-electron chi connectivity index (χ3n) is 3.44. The van der Waals surface area contributed by atoms with Gasteiger partial charge >= 0.3 is 0 Å². The first-order chi connectivity index (χ1) is 8.47. The highest BCUT2D eigenvalue weighted by Crippen LogP contribution is 2.30. The molecule has 3 nitrogen and oxygen atoms in total. The Kier molecular flexibility index (Phi) is 3.88. The van der Waals surface area contributed by atoms with Crippen molar-refractivity contribution in [1.82, 2.24) is 4.90 Å². The highest BCUT2D eigenvalue weighted by atomic mass is 19.1. The number of nitrogens with zero attached hydrogens (tertiary/aromatic N) is 1. The van der Waals surface area contributed by atoms with Crippen LogP contribution < -0.4 is 0 Å². The molecule has 0 spiro atoms. The maximum absolute atomic E-state index is 13.3. The number of rotatable bonds is 2. The minimum absolute atomic E-state index is 0.0190. The van der Waals surface area contributed by atoms with Crippen LogP contribution in [0.25, 0.3) is 0 Å².